The summed E-state index contributed by atoms with van der Waals surface area (Å²) >= 11 is 1.38. The minimum atomic E-state index is -3.18. The lowest BCUT2D eigenvalue weighted by Crippen LogP contribution is -2.17. The highest BCUT2D eigenvalue weighted by molar-refractivity contribution is 14.1. The zero-order chi connectivity index (χ0) is 8.91. The van der Waals surface area contributed by atoms with Crippen molar-refractivity contribution in [2.24, 2.45) is 0 Å². The predicted molar refractivity (Wildman–Crippen MR) is 41.3 cm³/mol. The number of hydrogen-bond acceptors (Lipinski definition) is 3. The fraction of sp³-hybridized carbons (Fsp3) is 0.800. The lowest BCUT2D eigenvalue weighted by atomic mass is 10.5. The first kappa shape index (κ1) is 11.0. The number of ether oxygens (including phenoxy) is 1. The van der Waals surface area contributed by atoms with Crippen LogP contribution in [0.15, 0.2) is 0 Å². The van der Waals surface area contributed by atoms with Gasteiger partial charge in [-0.05, 0) is 0 Å². The molecule has 0 aliphatic carbocycles. The molecule has 0 bridgehead atoms. The summed E-state index contributed by atoms with van der Waals surface area (Å²) in [5, 5.41) is 0. The lowest BCUT2D eigenvalue weighted by Gasteiger charge is -2.09. The fourth-order valence-electron chi connectivity index (χ4n) is 0.352. The van der Waals surface area contributed by atoms with Crippen LogP contribution in [0.1, 0.15) is 13.3 Å². The van der Waals surface area contributed by atoms with Gasteiger partial charge < -0.3 is 7.80 Å². The number of halogens is 3. The Labute approximate surface area is 76.7 Å². The summed E-state index contributed by atoms with van der Waals surface area (Å²) in [5.74, 6) is -0.574. The van der Waals surface area contributed by atoms with Gasteiger partial charge in [0.15, 0.2) is 23.0 Å². The van der Waals surface area contributed by atoms with Gasteiger partial charge in [-0.15, -0.1) is 0 Å². The maximum absolute atomic E-state index is 11.9. The Balaban J connectivity index is 3.35. The van der Waals surface area contributed by atoms with Crippen LogP contribution in [0.4, 0.5) is 8.78 Å². The first-order chi connectivity index (χ1) is 4.95. The van der Waals surface area contributed by atoms with Gasteiger partial charge in [0.05, 0.1) is 13.0 Å². The first-order valence-electron chi connectivity index (χ1n) is 2.79. The van der Waals surface area contributed by atoms with Gasteiger partial charge in [0.25, 0.3) is 0 Å². The van der Waals surface area contributed by atoms with E-state index in [4.69, 9.17) is 0 Å². The van der Waals surface area contributed by atoms with Gasteiger partial charge in [-0.1, -0.05) is 0 Å². The average molecular weight is 280 g/mol. The molecule has 0 spiro atoms. The number of hydrogen-bond donors (Lipinski definition) is 0. The molecule has 0 fully saturated rings. The molecule has 0 rings (SSSR count). The topological polar surface area (TPSA) is 35.5 Å². The highest BCUT2D eigenvalue weighted by Crippen LogP contribution is 2.13. The molecule has 11 heavy (non-hydrogen) atoms. The van der Waals surface area contributed by atoms with Crippen LogP contribution in [0.25, 0.3) is 0 Å². The molecule has 0 N–H and O–H groups in total. The van der Waals surface area contributed by atoms with Crippen LogP contribution in [-0.4, -0.2) is 18.7 Å². The fourth-order valence-corrected chi connectivity index (χ4v) is 0.572. The first-order valence-corrected chi connectivity index (χ1v) is 3.67. The van der Waals surface area contributed by atoms with Gasteiger partial charge in [-0.3, -0.25) is 4.79 Å². The smallest absolute Gasteiger partial charge is 0.352 e. The molecule has 0 aromatic carbocycles. The van der Waals surface area contributed by atoms with Crippen LogP contribution < -0.4 is 0 Å². The van der Waals surface area contributed by atoms with Gasteiger partial charge in [0.1, 0.15) is 0 Å². The molecular weight excluding hydrogens is 273 g/mol. The quantitative estimate of drug-likeness (QED) is 0.738. The predicted octanol–water partition coefficient (Wildman–Crippen LogP) is 1.90. The largest absolute Gasteiger partial charge is 0.394 e. The van der Waals surface area contributed by atoms with Crippen molar-refractivity contribution in [3.05, 3.63) is 0 Å². The van der Waals surface area contributed by atoms with Crippen molar-refractivity contribution in [1.82, 2.24) is 0 Å². The molecule has 66 valence electrons. The second-order valence-electron chi connectivity index (χ2n) is 1.86. The maximum atomic E-state index is 11.9. The highest BCUT2D eigenvalue weighted by Gasteiger charge is 2.21. The molecule has 6 heteroatoms. The molecular formula is C5H7F2IO3. The summed E-state index contributed by atoms with van der Waals surface area (Å²) in [5.41, 5.74) is 0. The van der Waals surface area contributed by atoms with Crippen LogP contribution in [-0.2, 0) is 12.6 Å². The second kappa shape index (κ2) is 4.81. The summed E-state index contributed by atoms with van der Waals surface area (Å²) in [7, 11) is 0. The van der Waals surface area contributed by atoms with Gasteiger partial charge in [-0.2, -0.15) is 8.78 Å². The van der Waals surface area contributed by atoms with E-state index >= 15 is 0 Å². The van der Waals surface area contributed by atoms with E-state index in [0.717, 1.165) is 0 Å². The summed E-state index contributed by atoms with van der Waals surface area (Å²) in [6.45, 7) is 0.285. The van der Waals surface area contributed by atoms with E-state index < -0.39 is 12.1 Å². The lowest BCUT2D eigenvalue weighted by molar-refractivity contribution is -0.224. The van der Waals surface area contributed by atoms with Crippen LogP contribution in [0.3, 0.4) is 0 Å². The highest BCUT2D eigenvalue weighted by atomic mass is 127. The molecule has 0 heterocycles. The third-order valence-corrected chi connectivity index (χ3v) is 1.24. The molecule has 0 saturated heterocycles. The summed E-state index contributed by atoms with van der Waals surface area (Å²) in [4.78, 5) is 10.3. The standard InChI is InChI=1S/C5H7F2IO3/c1-5(6,7)10-3-2-4(9)11-8/h2-3H2,1H3. The molecule has 0 aliphatic heterocycles. The van der Waals surface area contributed by atoms with Crippen LogP contribution >= 0.6 is 23.0 Å². The van der Waals surface area contributed by atoms with Crippen molar-refractivity contribution in [1.29, 1.82) is 0 Å². The molecule has 0 unspecified atom stereocenters. The van der Waals surface area contributed by atoms with Gasteiger partial charge >= 0.3 is 12.1 Å². The van der Waals surface area contributed by atoms with Crippen LogP contribution in [0.2, 0.25) is 0 Å². The number of carbonyl (C=O) groups excluding carboxylic acids is 1. The van der Waals surface area contributed by atoms with E-state index in [0.29, 0.717) is 6.92 Å². The molecule has 0 radical (unpaired) electrons. The molecule has 0 saturated carbocycles. The van der Waals surface area contributed by atoms with Crippen LogP contribution in [0, 0.1) is 0 Å². The van der Waals surface area contributed by atoms with Crippen LogP contribution in [0.5, 0.6) is 0 Å². The van der Waals surface area contributed by atoms with Crippen molar-refractivity contribution in [3.63, 3.8) is 0 Å². The average Bonchev–Trinajstić information content (AvgIpc) is 1.85. The molecule has 0 aliphatic rings. The van der Waals surface area contributed by atoms with Crippen molar-refractivity contribution < 1.29 is 21.4 Å². The van der Waals surface area contributed by atoms with E-state index in [1.807, 2.05) is 0 Å². The normalized spacial score (nSPS) is 11.3. The number of alkyl halides is 2. The number of rotatable bonds is 4. The molecule has 0 amide bonds. The third-order valence-electron chi connectivity index (χ3n) is 0.748. The zero-order valence-corrected chi connectivity index (χ0v) is 7.93. The Morgan fingerprint density at radius 3 is 2.55 bits per heavy atom. The van der Waals surface area contributed by atoms with E-state index in [9.17, 15) is 13.6 Å². The van der Waals surface area contributed by atoms with E-state index in [1.54, 1.807) is 0 Å². The van der Waals surface area contributed by atoms with Crippen molar-refractivity contribution in [2.75, 3.05) is 6.61 Å². The SMILES string of the molecule is CC(F)(F)OCCC(=O)OI. The minimum absolute atomic E-state index is 0.160. The zero-order valence-electron chi connectivity index (χ0n) is 5.77. The minimum Gasteiger partial charge on any atom is -0.394 e. The Morgan fingerprint density at radius 2 is 2.18 bits per heavy atom. The summed E-state index contributed by atoms with van der Waals surface area (Å²) in [6.07, 6.45) is -3.34. The molecule has 0 aromatic rings. The van der Waals surface area contributed by atoms with E-state index in [-0.39, 0.29) is 13.0 Å². The maximum Gasteiger partial charge on any atom is 0.352 e. The monoisotopic (exact) mass is 280 g/mol. The van der Waals surface area contributed by atoms with Gasteiger partial charge in [0.2, 0.25) is 0 Å². The number of carbonyl (C=O) groups is 1. The molecule has 0 aromatic heterocycles. The second-order valence-corrected chi connectivity index (χ2v) is 2.30. The summed E-state index contributed by atoms with van der Waals surface area (Å²) < 4.78 is 31.9. The Kier molecular flexibility index (Phi) is 4.82. The van der Waals surface area contributed by atoms with E-state index in [2.05, 4.69) is 7.80 Å². The summed E-state index contributed by atoms with van der Waals surface area (Å²) in [6, 6.07) is 0. The van der Waals surface area contributed by atoms with Gasteiger partial charge in [-0.25, -0.2) is 0 Å². The Hall–Kier alpha value is 0.0200. The van der Waals surface area contributed by atoms with Gasteiger partial charge in [0, 0.05) is 6.92 Å². The Bertz CT molecular complexity index is 134. The van der Waals surface area contributed by atoms with Crippen molar-refractivity contribution in [3.8, 4) is 0 Å². The molecule has 0 atom stereocenters. The van der Waals surface area contributed by atoms with E-state index in [1.165, 1.54) is 23.0 Å². The van der Waals surface area contributed by atoms with Crippen molar-refractivity contribution >= 4 is 29.0 Å². The molecule has 3 nitrogen and oxygen atoms in total. The Morgan fingerprint density at radius 1 is 1.64 bits per heavy atom. The van der Waals surface area contributed by atoms with Crippen molar-refractivity contribution in [2.45, 2.75) is 19.5 Å². The third kappa shape index (κ3) is 7.92.